The number of nitrogens with zero attached hydrogens (tertiary/aromatic N) is 2. The van der Waals surface area contributed by atoms with E-state index in [1.165, 1.54) is 24.0 Å². The second kappa shape index (κ2) is 3.78. The molecule has 0 fully saturated rings. The summed E-state index contributed by atoms with van der Waals surface area (Å²) in [6.07, 6.45) is -4.52. The van der Waals surface area contributed by atoms with Gasteiger partial charge in [0.2, 0.25) is 5.54 Å². The molecule has 0 aliphatic rings. The van der Waals surface area contributed by atoms with E-state index >= 15 is 0 Å². The van der Waals surface area contributed by atoms with Gasteiger partial charge in [0.05, 0.1) is 5.69 Å². The molecule has 0 amide bonds. The van der Waals surface area contributed by atoms with Crippen molar-refractivity contribution in [2.45, 2.75) is 18.1 Å². The molecule has 0 bridgehead atoms. The van der Waals surface area contributed by atoms with Crippen molar-refractivity contribution in [1.29, 1.82) is 0 Å². The fourth-order valence-electron chi connectivity index (χ4n) is 1.14. The maximum absolute atomic E-state index is 12.5. The Morgan fingerprint density at radius 2 is 2.19 bits per heavy atom. The molecule has 0 saturated heterocycles. The lowest BCUT2D eigenvalue weighted by Gasteiger charge is -2.26. The van der Waals surface area contributed by atoms with E-state index in [4.69, 9.17) is 10.8 Å². The number of carbonyl (C=O) groups is 1. The number of carboxylic acid groups (broad SMARTS) is 1. The first-order chi connectivity index (χ1) is 7.17. The smallest absolute Gasteiger partial charge is 0.417 e. The average molecular weight is 237 g/mol. The second-order valence-corrected chi connectivity index (χ2v) is 3.43. The summed E-state index contributed by atoms with van der Waals surface area (Å²) in [5.41, 5.74) is 1.56. The summed E-state index contributed by atoms with van der Waals surface area (Å²) < 4.78 is 38.8. The molecule has 16 heavy (non-hydrogen) atoms. The number of hydrogen-bond acceptors (Lipinski definition) is 3. The lowest BCUT2D eigenvalue weighted by atomic mass is 9.94. The fourth-order valence-corrected chi connectivity index (χ4v) is 1.14. The molecular formula is C8H10F3N3O2. The number of carboxylic acids is 1. The molecule has 8 heteroatoms. The Balaban J connectivity index is 3.01. The summed E-state index contributed by atoms with van der Waals surface area (Å²) in [4.78, 5) is 10.6. The van der Waals surface area contributed by atoms with E-state index in [1.807, 2.05) is 0 Å². The first-order valence-corrected chi connectivity index (χ1v) is 4.24. The van der Waals surface area contributed by atoms with E-state index in [0.717, 1.165) is 0 Å². The van der Waals surface area contributed by atoms with Crippen LogP contribution in [0.5, 0.6) is 0 Å². The van der Waals surface area contributed by atoms with Gasteiger partial charge < -0.3 is 10.8 Å². The van der Waals surface area contributed by atoms with Gasteiger partial charge in [-0.1, -0.05) is 0 Å². The molecular weight excluding hydrogens is 227 g/mol. The summed E-state index contributed by atoms with van der Waals surface area (Å²) >= 11 is 0. The minimum absolute atomic E-state index is 0.0234. The van der Waals surface area contributed by atoms with Gasteiger partial charge >= 0.3 is 12.1 Å². The van der Waals surface area contributed by atoms with Gasteiger partial charge in [0.15, 0.2) is 0 Å². The summed E-state index contributed by atoms with van der Waals surface area (Å²) in [6.45, 7) is 0. The number of halogens is 3. The van der Waals surface area contributed by atoms with Gasteiger partial charge in [-0.2, -0.15) is 18.3 Å². The minimum Gasteiger partial charge on any atom is -0.480 e. The Kier molecular flexibility index (Phi) is 2.95. The monoisotopic (exact) mass is 237 g/mol. The third-order valence-electron chi connectivity index (χ3n) is 2.12. The molecule has 0 aliphatic heterocycles. The SMILES string of the molecule is Cn1ccc(CC(N)(C(=O)O)C(F)(F)F)n1. The number of hydrogen-bond donors (Lipinski definition) is 2. The van der Waals surface area contributed by atoms with Crippen molar-refractivity contribution in [3.05, 3.63) is 18.0 Å². The number of aromatic nitrogens is 2. The Hall–Kier alpha value is -1.57. The van der Waals surface area contributed by atoms with Crippen LogP contribution in [0.4, 0.5) is 13.2 Å². The van der Waals surface area contributed by atoms with Crippen LogP contribution in [-0.2, 0) is 18.3 Å². The van der Waals surface area contributed by atoms with Crippen molar-refractivity contribution in [2.24, 2.45) is 12.8 Å². The summed E-state index contributed by atoms with van der Waals surface area (Å²) in [6, 6.07) is 1.29. The van der Waals surface area contributed by atoms with Crippen LogP contribution in [0.2, 0.25) is 0 Å². The van der Waals surface area contributed by atoms with Crippen LogP contribution in [0.15, 0.2) is 12.3 Å². The van der Waals surface area contributed by atoms with Crippen molar-refractivity contribution >= 4 is 5.97 Å². The maximum Gasteiger partial charge on any atom is 0.417 e. The predicted octanol–water partition coefficient (Wildman–Crippen LogP) is 0.307. The first kappa shape index (κ1) is 12.5. The molecule has 0 radical (unpaired) electrons. The average Bonchev–Trinajstić information content (AvgIpc) is 2.48. The van der Waals surface area contributed by atoms with E-state index in [9.17, 15) is 18.0 Å². The van der Waals surface area contributed by atoms with Gasteiger partial charge in [-0.3, -0.25) is 4.68 Å². The van der Waals surface area contributed by atoms with Gasteiger partial charge in [0, 0.05) is 19.7 Å². The molecule has 0 saturated carbocycles. The molecule has 0 aliphatic carbocycles. The Labute approximate surface area is 88.7 Å². The number of alkyl halides is 3. The highest BCUT2D eigenvalue weighted by molar-refractivity contribution is 5.80. The zero-order chi connectivity index (χ0) is 12.6. The van der Waals surface area contributed by atoms with E-state index < -0.39 is 24.1 Å². The number of nitrogens with two attached hydrogens (primary N) is 1. The van der Waals surface area contributed by atoms with Gasteiger partial charge in [0.1, 0.15) is 0 Å². The summed E-state index contributed by atoms with van der Waals surface area (Å²) in [5.74, 6) is -2.12. The normalized spacial score (nSPS) is 15.8. The van der Waals surface area contributed by atoms with Gasteiger partial charge in [0.25, 0.3) is 0 Å². The highest BCUT2D eigenvalue weighted by Gasteiger charge is 2.58. The highest BCUT2D eigenvalue weighted by Crippen LogP contribution is 2.31. The summed E-state index contributed by atoms with van der Waals surface area (Å²) in [7, 11) is 1.51. The molecule has 3 N–H and O–H groups in total. The standard InChI is InChI=1S/C8H10F3N3O2/c1-14-3-2-5(13-14)4-7(12,6(15)16)8(9,10)11/h2-3H,4,12H2,1H3,(H,15,16). The number of aryl methyl sites for hydroxylation is 1. The van der Waals surface area contributed by atoms with Gasteiger partial charge in [-0.25, -0.2) is 4.79 Å². The Morgan fingerprint density at radius 1 is 1.62 bits per heavy atom. The van der Waals surface area contributed by atoms with E-state index in [2.05, 4.69) is 5.10 Å². The predicted molar refractivity (Wildman–Crippen MR) is 47.5 cm³/mol. The Bertz CT molecular complexity index is 401. The highest BCUT2D eigenvalue weighted by atomic mass is 19.4. The third-order valence-corrected chi connectivity index (χ3v) is 2.12. The molecule has 1 aromatic rings. The Morgan fingerprint density at radius 3 is 2.50 bits per heavy atom. The molecule has 1 unspecified atom stereocenters. The molecule has 1 rings (SSSR count). The fraction of sp³-hybridized carbons (Fsp3) is 0.500. The number of aliphatic carboxylic acids is 1. The van der Waals surface area contributed by atoms with Crippen LogP contribution in [0.25, 0.3) is 0 Å². The van der Waals surface area contributed by atoms with Crippen molar-refractivity contribution in [1.82, 2.24) is 9.78 Å². The zero-order valence-corrected chi connectivity index (χ0v) is 8.32. The van der Waals surface area contributed by atoms with Crippen LogP contribution in [0.1, 0.15) is 5.69 Å². The van der Waals surface area contributed by atoms with Gasteiger partial charge in [-0.15, -0.1) is 0 Å². The van der Waals surface area contributed by atoms with Crippen molar-refractivity contribution in [3.63, 3.8) is 0 Å². The van der Waals surface area contributed by atoms with Crippen LogP contribution in [-0.4, -0.2) is 32.6 Å². The molecule has 1 aromatic heterocycles. The quantitative estimate of drug-likeness (QED) is 0.792. The lowest BCUT2D eigenvalue weighted by molar-refractivity contribution is -0.201. The third kappa shape index (κ3) is 2.16. The van der Waals surface area contributed by atoms with Crippen LogP contribution >= 0.6 is 0 Å². The van der Waals surface area contributed by atoms with Crippen molar-refractivity contribution in [3.8, 4) is 0 Å². The maximum atomic E-state index is 12.5. The van der Waals surface area contributed by atoms with Crippen LogP contribution in [0.3, 0.4) is 0 Å². The molecule has 5 nitrogen and oxygen atoms in total. The lowest BCUT2D eigenvalue weighted by Crippen LogP contribution is -2.61. The largest absolute Gasteiger partial charge is 0.480 e. The first-order valence-electron chi connectivity index (χ1n) is 4.24. The van der Waals surface area contributed by atoms with E-state index in [1.54, 1.807) is 0 Å². The molecule has 1 atom stereocenters. The molecule has 90 valence electrons. The van der Waals surface area contributed by atoms with E-state index in [0.29, 0.717) is 0 Å². The van der Waals surface area contributed by atoms with E-state index in [-0.39, 0.29) is 5.69 Å². The minimum atomic E-state index is -5.03. The molecule has 1 heterocycles. The number of rotatable bonds is 3. The van der Waals surface area contributed by atoms with Crippen LogP contribution in [0, 0.1) is 0 Å². The molecule has 0 spiro atoms. The van der Waals surface area contributed by atoms with Crippen molar-refractivity contribution < 1.29 is 23.1 Å². The topological polar surface area (TPSA) is 81.1 Å². The van der Waals surface area contributed by atoms with Crippen LogP contribution < -0.4 is 5.73 Å². The zero-order valence-electron chi connectivity index (χ0n) is 8.32. The summed E-state index contributed by atoms with van der Waals surface area (Å²) in [5, 5.41) is 12.2. The van der Waals surface area contributed by atoms with Gasteiger partial charge in [-0.05, 0) is 6.07 Å². The van der Waals surface area contributed by atoms with Crippen molar-refractivity contribution in [2.75, 3.05) is 0 Å². The molecule has 0 aromatic carbocycles. The second-order valence-electron chi connectivity index (χ2n) is 3.43.